The minimum absolute atomic E-state index is 0.0912. The number of halogens is 1. The van der Waals surface area contributed by atoms with E-state index in [1.165, 1.54) is 10.4 Å². The van der Waals surface area contributed by atoms with Gasteiger partial charge in [-0.25, -0.2) is 17.4 Å². The van der Waals surface area contributed by atoms with Gasteiger partial charge in [0.1, 0.15) is 0 Å². The molecule has 4 rings (SSSR count). The fourth-order valence-corrected chi connectivity index (χ4v) is 6.45. The van der Waals surface area contributed by atoms with Crippen LogP contribution in [0.3, 0.4) is 0 Å². The van der Waals surface area contributed by atoms with E-state index in [9.17, 15) is 13.2 Å². The van der Waals surface area contributed by atoms with Gasteiger partial charge in [-0.15, -0.1) is 0 Å². The standard InChI is InChI=1S/C21H22BrN3O3S2/c22-15-10-12-17(13-11-15)30(27,28)25-19-9-5-4-8-18(19)24-21(25)29-14-20(26)23-16-6-2-1-3-7-16/h4-5,8-13,16H,1-3,6-7,14H2,(H,23,26). The lowest BCUT2D eigenvalue weighted by molar-refractivity contribution is -0.119. The maximum Gasteiger partial charge on any atom is 0.270 e. The van der Waals surface area contributed by atoms with Crippen molar-refractivity contribution in [1.29, 1.82) is 0 Å². The molecule has 1 saturated carbocycles. The third kappa shape index (κ3) is 4.58. The Morgan fingerprint density at radius 1 is 1.10 bits per heavy atom. The molecule has 158 valence electrons. The van der Waals surface area contributed by atoms with E-state index in [4.69, 9.17) is 0 Å². The maximum absolute atomic E-state index is 13.4. The Bertz CT molecular complexity index is 1150. The molecule has 0 spiro atoms. The number of nitrogens with zero attached hydrogens (tertiary/aromatic N) is 2. The van der Waals surface area contributed by atoms with Crippen LogP contribution in [0, 0.1) is 0 Å². The third-order valence-electron chi connectivity index (χ3n) is 5.14. The molecule has 6 nitrogen and oxygen atoms in total. The minimum atomic E-state index is -3.86. The molecule has 9 heteroatoms. The van der Waals surface area contributed by atoms with Gasteiger partial charge in [0.05, 0.1) is 21.7 Å². The van der Waals surface area contributed by atoms with Crippen LogP contribution in [-0.2, 0) is 14.8 Å². The van der Waals surface area contributed by atoms with Crippen molar-refractivity contribution < 1.29 is 13.2 Å². The number of fused-ring (bicyclic) bond motifs is 1. The smallest absolute Gasteiger partial charge is 0.270 e. The van der Waals surface area contributed by atoms with E-state index in [-0.39, 0.29) is 27.8 Å². The van der Waals surface area contributed by atoms with Crippen molar-refractivity contribution in [3.05, 3.63) is 53.0 Å². The second-order valence-electron chi connectivity index (χ2n) is 7.30. The molecule has 1 aliphatic rings. The summed E-state index contributed by atoms with van der Waals surface area (Å²) >= 11 is 4.48. The molecule has 0 bridgehead atoms. The zero-order chi connectivity index (χ0) is 21.1. The number of hydrogen-bond donors (Lipinski definition) is 1. The first-order valence-corrected chi connectivity index (χ1v) is 13.1. The Labute approximate surface area is 188 Å². The van der Waals surface area contributed by atoms with E-state index in [0.717, 1.165) is 41.9 Å². The maximum atomic E-state index is 13.4. The molecule has 2 aromatic carbocycles. The zero-order valence-electron chi connectivity index (χ0n) is 16.3. The second kappa shape index (κ2) is 9.11. The Kier molecular flexibility index (Phi) is 6.50. The van der Waals surface area contributed by atoms with Crippen molar-refractivity contribution in [3.8, 4) is 0 Å². The predicted octanol–water partition coefficient (Wildman–Crippen LogP) is 4.58. The predicted molar refractivity (Wildman–Crippen MR) is 122 cm³/mol. The molecule has 0 unspecified atom stereocenters. The van der Waals surface area contributed by atoms with Gasteiger partial charge in [0.25, 0.3) is 10.0 Å². The monoisotopic (exact) mass is 507 g/mol. The van der Waals surface area contributed by atoms with Crippen LogP contribution >= 0.6 is 27.7 Å². The van der Waals surface area contributed by atoms with Gasteiger partial charge in [0, 0.05) is 10.5 Å². The van der Waals surface area contributed by atoms with Crippen LogP contribution < -0.4 is 5.32 Å². The van der Waals surface area contributed by atoms with Gasteiger partial charge in [0.2, 0.25) is 5.91 Å². The third-order valence-corrected chi connectivity index (χ3v) is 8.45. The number of aromatic nitrogens is 2. The van der Waals surface area contributed by atoms with Crippen LogP contribution in [0.2, 0.25) is 0 Å². The van der Waals surface area contributed by atoms with E-state index in [1.807, 2.05) is 6.07 Å². The number of benzene rings is 2. The van der Waals surface area contributed by atoms with Gasteiger partial charge in [-0.05, 0) is 49.2 Å². The van der Waals surface area contributed by atoms with Crippen molar-refractivity contribution in [2.75, 3.05) is 5.75 Å². The quantitative estimate of drug-likeness (QED) is 0.494. The molecule has 1 heterocycles. The van der Waals surface area contributed by atoms with Gasteiger partial charge in [-0.3, -0.25) is 4.79 Å². The largest absolute Gasteiger partial charge is 0.353 e. The Hall–Kier alpha value is -1.84. The average molecular weight is 508 g/mol. The summed E-state index contributed by atoms with van der Waals surface area (Å²) in [4.78, 5) is 17.1. The second-order valence-corrected chi connectivity index (χ2v) is 10.9. The number of carbonyl (C=O) groups excluding carboxylic acids is 1. The summed E-state index contributed by atoms with van der Waals surface area (Å²) in [6.07, 6.45) is 5.51. The molecule has 1 aromatic heterocycles. The highest BCUT2D eigenvalue weighted by atomic mass is 79.9. The lowest BCUT2D eigenvalue weighted by Gasteiger charge is -2.22. The molecule has 0 atom stereocenters. The van der Waals surface area contributed by atoms with E-state index in [2.05, 4.69) is 26.2 Å². The van der Waals surface area contributed by atoms with Crippen LogP contribution in [0.1, 0.15) is 32.1 Å². The van der Waals surface area contributed by atoms with Crippen molar-refractivity contribution in [3.63, 3.8) is 0 Å². The zero-order valence-corrected chi connectivity index (χ0v) is 19.5. The Balaban J connectivity index is 1.62. The minimum Gasteiger partial charge on any atom is -0.353 e. The van der Waals surface area contributed by atoms with E-state index >= 15 is 0 Å². The molecule has 1 fully saturated rings. The molecule has 0 saturated heterocycles. The molecule has 3 aromatic rings. The van der Waals surface area contributed by atoms with Crippen molar-refractivity contribution in [1.82, 2.24) is 14.3 Å². The van der Waals surface area contributed by atoms with Crippen LogP contribution in [0.4, 0.5) is 0 Å². The number of thioether (sulfide) groups is 1. The Morgan fingerprint density at radius 3 is 2.53 bits per heavy atom. The van der Waals surface area contributed by atoms with Gasteiger partial charge in [-0.2, -0.15) is 0 Å². The molecule has 1 N–H and O–H groups in total. The average Bonchev–Trinajstić information content (AvgIpc) is 3.12. The summed E-state index contributed by atoms with van der Waals surface area (Å²) in [5, 5.41) is 3.36. The number of rotatable bonds is 6. The van der Waals surface area contributed by atoms with E-state index in [0.29, 0.717) is 11.0 Å². The van der Waals surface area contributed by atoms with Crippen molar-refractivity contribution in [2.45, 2.75) is 48.2 Å². The number of imidazole rings is 1. The summed E-state index contributed by atoms with van der Waals surface area (Å²) in [6, 6.07) is 13.8. The summed E-state index contributed by atoms with van der Waals surface area (Å²) < 4.78 is 28.8. The number of para-hydroxylation sites is 2. The highest BCUT2D eigenvalue weighted by Crippen LogP contribution is 2.29. The normalized spacial score (nSPS) is 15.4. The molecule has 0 aliphatic heterocycles. The van der Waals surface area contributed by atoms with Gasteiger partial charge in [0.15, 0.2) is 5.16 Å². The van der Waals surface area contributed by atoms with Crippen molar-refractivity contribution >= 4 is 54.7 Å². The van der Waals surface area contributed by atoms with Crippen molar-refractivity contribution in [2.24, 2.45) is 0 Å². The fourth-order valence-electron chi connectivity index (χ4n) is 3.66. The molecule has 30 heavy (non-hydrogen) atoms. The van der Waals surface area contributed by atoms with Crippen LogP contribution in [-0.4, -0.2) is 35.1 Å². The molecule has 1 amide bonds. The summed E-state index contributed by atoms with van der Waals surface area (Å²) in [5.41, 5.74) is 1.07. The lowest BCUT2D eigenvalue weighted by Crippen LogP contribution is -2.37. The number of hydrogen-bond acceptors (Lipinski definition) is 5. The summed E-state index contributed by atoms with van der Waals surface area (Å²) in [5.74, 6) is 0.0296. The van der Waals surface area contributed by atoms with E-state index in [1.54, 1.807) is 42.5 Å². The lowest BCUT2D eigenvalue weighted by atomic mass is 9.95. The molecule has 1 aliphatic carbocycles. The highest BCUT2D eigenvalue weighted by molar-refractivity contribution is 9.10. The van der Waals surface area contributed by atoms with Crippen LogP contribution in [0.15, 0.2) is 63.1 Å². The first kappa shape index (κ1) is 21.4. The SMILES string of the molecule is O=C(CSc1nc2ccccc2n1S(=O)(=O)c1ccc(Br)cc1)NC1CCCCC1. The number of nitrogens with one attached hydrogen (secondary N) is 1. The summed E-state index contributed by atoms with van der Waals surface area (Å²) in [7, 11) is -3.86. The first-order chi connectivity index (χ1) is 14.4. The van der Waals surface area contributed by atoms with E-state index < -0.39 is 10.0 Å². The fraction of sp³-hybridized carbons (Fsp3) is 0.333. The first-order valence-electron chi connectivity index (χ1n) is 9.86. The topological polar surface area (TPSA) is 81.1 Å². The molecule has 0 radical (unpaired) electrons. The van der Waals surface area contributed by atoms with Crippen LogP contribution in [0.5, 0.6) is 0 Å². The molecular weight excluding hydrogens is 486 g/mol. The van der Waals surface area contributed by atoms with Gasteiger partial charge < -0.3 is 5.32 Å². The molecular formula is C21H22BrN3O3S2. The highest BCUT2D eigenvalue weighted by Gasteiger charge is 2.25. The van der Waals surface area contributed by atoms with Crippen LogP contribution in [0.25, 0.3) is 11.0 Å². The summed E-state index contributed by atoms with van der Waals surface area (Å²) in [6.45, 7) is 0. The van der Waals surface area contributed by atoms with Gasteiger partial charge >= 0.3 is 0 Å². The Morgan fingerprint density at radius 2 is 1.80 bits per heavy atom. The number of carbonyl (C=O) groups is 1. The van der Waals surface area contributed by atoms with Gasteiger partial charge in [-0.1, -0.05) is 59.1 Å². The number of amides is 1.